The van der Waals surface area contributed by atoms with Crippen molar-refractivity contribution in [1.82, 2.24) is 24.6 Å². The van der Waals surface area contributed by atoms with Gasteiger partial charge in [0.25, 0.3) is 11.8 Å². The lowest BCUT2D eigenvalue weighted by Crippen LogP contribution is -2.40. The summed E-state index contributed by atoms with van der Waals surface area (Å²) in [6.45, 7) is 5.91. The van der Waals surface area contributed by atoms with Gasteiger partial charge in [-0.1, -0.05) is 25.6 Å². The van der Waals surface area contributed by atoms with Gasteiger partial charge in [-0.05, 0) is 43.2 Å². The van der Waals surface area contributed by atoms with Crippen molar-refractivity contribution in [2.75, 3.05) is 18.4 Å². The molecule has 2 amide bonds. The number of halogens is 3. The molecule has 5 rings (SSSR count). The molecule has 1 aliphatic heterocycles. The molecule has 8 nitrogen and oxygen atoms in total. The van der Waals surface area contributed by atoms with E-state index < -0.39 is 17.6 Å². The number of piperidine rings is 1. The number of hydrogen-bond acceptors (Lipinski definition) is 5. The van der Waals surface area contributed by atoms with Crippen molar-refractivity contribution >= 4 is 28.5 Å². The zero-order chi connectivity index (χ0) is 28.4. The molecule has 1 aliphatic rings. The first-order chi connectivity index (χ1) is 19.2. The van der Waals surface area contributed by atoms with E-state index in [1.165, 1.54) is 31.5 Å². The molecule has 1 fully saturated rings. The van der Waals surface area contributed by atoms with Gasteiger partial charge >= 0.3 is 0 Å². The van der Waals surface area contributed by atoms with E-state index in [1.807, 2.05) is 0 Å². The number of likely N-dealkylation sites (tertiary alicyclic amines) is 1. The summed E-state index contributed by atoms with van der Waals surface area (Å²) in [7, 11) is 0. The standard InChI is InChI=1S/C29H27F3N6O2/c1-3-25(39)37-13-5-6-21(17-37)38-27-22(15-33-16-23(27)30)26(36-38)18-7-9-19(10-8-18)28(40)35-24-14-20(11-12-34-24)29(31,32)4-2/h3,7-12,14-16,21H,1,4-6,13,17H2,2H3,(H,34,35,40)/t21-/m1/s1. The Morgan fingerprint density at radius 3 is 2.70 bits per heavy atom. The number of alkyl halides is 2. The summed E-state index contributed by atoms with van der Waals surface area (Å²) in [4.78, 5) is 34.7. The molecule has 11 heteroatoms. The van der Waals surface area contributed by atoms with Crippen LogP contribution >= 0.6 is 0 Å². The highest BCUT2D eigenvalue weighted by molar-refractivity contribution is 6.04. The first-order valence-electron chi connectivity index (χ1n) is 12.9. The van der Waals surface area contributed by atoms with Gasteiger partial charge in [-0.3, -0.25) is 19.3 Å². The molecule has 3 aromatic heterocycles. The molecule has 206 valence electrons. The minimum absolute atomic E-state index is 0.0162. The first-order valence-corrected chi connectivity index (χ1v) is 12.9. The normalized spacial score (nSPS) is 15.7. The number of carbonyl (C=O) groups excluding carboxylic acids is 2. The molecule has 0 aliphatic carbocycles. The topological polar surface area (TPSA) is 93.0 Å². The Morgan fingerprint density at radius 2 is 1.98 bits per heavy atom. The Balaban J connectivity index is 1.42. The molecule has 0 saturated carbocycles. The molecule has 40 heavy (non-hydrogen) atoms. The van der Waals surface area contributed by atoms with Crippen LogP contribution in [0.15, 0.2) is 67.6 Å². The van der Waals surface area contributed by atoms with Gasteiger partial charge in [0, 0.05) is 54.0 Å². The number of nitrogens with one attached hydrogen (secondary N) is 1. The summed E-state index contributed by atoms with van der Waals surface area (Å²) in [6.07, 6.45) is 6.25. The number of amides is 2. The van der Waals surface area contributed by atoms with Gasteiger partial charge in [-0.2, -0.15) is 5.10 Å². The number of aromatic nitrogens is 4. The molecule has 1 atom stereocenters. The lowest BCUT2D eigenvalue weighted by molar-refractivity contribution is -0.127. The van der Waals surface area contributed by atoms with Crippen molar-refractivity contribution in [3.63, 3.8) is 0 Å². The second kappa shape index (κ2) is 10.9. The number of rotatable bonds is 7. The lowest BCUT2D eigenvalue weighted by Gasteiger charge is -2.32. The minimum Gasteiger partial charge on any atom is -0.337 e. The predicted molar refractivity (Wildman–Crippen MR) is 144 cm³/mol. The summed E-state index contributed by atoms with van der Waals surface area (Å²) >= 11 is 0. The summed E-state index contributed by atoms with van der Waals surface area (Å²) < 4.78 is 44.8. The van der Waals surface area contributed by atoms with Crippen LogP contribution in [0.3, 0.4) is 0 Å². The molecule has 4 aromatic rings. The number of carbonyl (C=O) groups is 2. The van der Waals surface area contributed by atoms with E-state index in [0.717, 1.165) is 25.1 Å². The van der Waals surface area contributed by atoms with Crippen LogP contribution in [-0.2, 0) is 10.7 Å². The third-order valence-electron chi connectivity index (χ3n) is 7.08. The van der Waals surface area contributed by atoms with Crippen LogP contribution in [0.1, 0.15) is 48.1 Å². The van der Waals surface area contributed by atoms with Gasteiger partial charge in [0.05, 0.1) is 12.2 Å². The van der Waals surface area contributed by atoms with Crippen LogP contribution in [0.4, 0.5) is 19.0 Å². The molecule has 0 spiro atoms. The number of benzene rings is 1. The lowest BCUT2D eigenvalue weighted by atomic mass is 10.0. The third kappa shape index (κ3) is 5.18. The maximum absolute atomic E-state index is 15.0. The van der Waals surface area contributed by atoms with Crippen LogP contribution in [0.25, 0.3) is 22.2 Å². The van der Waals surface area contributed by atoms with E-state index >= 15 is 4.39 Å². The number of pyridine rings is 2. The average molecular weight is 549 g/mol. The molecule has 1 saturated heterocycles. The molecular formula is C29H27F3N6O2. The van der Waals surface area contributed by atoms with Crippen molar-refractivity contribution in [3.8, 4) is 11.3 Å². The summed E-state index contributed by atoms with van der Waals surface area (Å²) in [5.74, 6) is -4.24. The van der Waals surface area contributed by atoms with E-state index in [-0.39, 0.29) is 35.3 Å². The highest BCUT2D eigenvalue weighted by atomic mass is 19.3. The van der Waals surface area contributed by atoms with Crippen LogP contribution in [-0.4, -0.2) is 49.6 Å². The Kier molecular flexibility index (Phi) is 7.38. The highest BCUT2D eigenvalue weighted by Crippen LogP contribution is 2.34. The number of anilines is 1. The van der Waals surface area contributed by atoms with Gasteiger partial charge in [0.2, 0.25) is 5.91 Å². The maximum atomic E-state index is 15.0. The molecule has 0 unspecified atom stereocenters. The van der Waals surface area contributed by atoms with Gasteiger partial charge in [0.15, 0.2) is 5.82 Å². The van der Waals surface area contributed by atoms with Crippen LogP contribution < -0.4 is 5.32 Å². The first kappa shape index (κ1) is 27.0. The van der Waals surface area contributed by atoms with Crippen molar-refractivity contribution < 1.29 is 22.8 Å². The van der Waals surface area contributed by atoms with Crippen molar-refractivity contribution in [3.05, 3.63) is 84.6 Å². The van der Waals surface area contributed by atoms with E-state index in [4.69, 9.17) is 5.10 Å². The predicted octanol–water partition coefficient (Wildman–Crippen LogP) is 5.74. The SMILES string of the molecule is C=CC(=O)N1CCC[C@@H](n2nc(-c3ccc(C(=O)Nc4cc(C(F)(F)CC)ccn4)cc3)c3cncc(F)c32)C1. The second-order valence-electron chi connectivity index (χ2n) is 9.61. The fourth-order valence-corrected chi connectivity index (χ4v) is 4.91. The molecule has 0 bridgehead atoms. The van der Waals surface area contributed by atoms with Gasteiger partial charge in [0.1, 0.15) is 17.0 Å². The third-order valence-corrected chi connectivity index (χ3v) is 7.08. The monoisotopic (exact) mass is 548 g/mol. The maximum Gasteiger partial charge on any atom is 0.273 e. The minimum atomic E-state index is -3.03. The van der Waals surface area contributed by atoms with Crippen molar-refractivity contribution in [2.24, 2.45) is 0 Å². The summed E-state index contributed by atoms with van der Waals surface area (Å²) in [5.41, 5.74) is 1.45. The van der Waals surface area contributed by atoms with Crippen LogP contribution in [0.2, 0.25) is 0 Å². The average Bonchev–Trinajstić information content (AvgIpc) is 3.38. The number of fused-ring (bicyclic) bond motifs is 1. The largest absolute Gasteiger partial charge is 0.337 e. The molecule has 4 heterocycles. The number of nitrogens with zero attached hydrogens (tertiary/aromatic N) is 5. The van der Waals surface area contributed by atoms with E-state index in [2.05, 4.69) is 21.9 Å². The van der Waals surface area contributed by atoms with Crippen molar-refractivity contribution in [2.45, 2.75) is 38.2 Å². The van der Waals surface area contributed by atoms with Gasteiger partial charge in [-0.15, -0.1) is 0 Å². The fourth-order valence-electron chi connectivity index (χ4n) is 4.91. The second-order valence-corrected chi connectivity index (χ2v) is 9.61. The molecule has 0 radical (unpaired) electrons. The highest BCUT2D eigenvalue weighted by Gasteiger charge is 2.30. The van der Waals surface area contributed by atoms with E-state index in [9.17, 15) is 18.4 Å². The van der Waals surface area contributed by atoms with Crippen LogP contribution in [0, 0.1) is 5.82 Å². The van der Waals surface area contributed by atoms with Gasteiger partial charge < -0.3 is 10.2 Å². The molecular weight excluding hydrogens is 521 g/mol. The fraction of sp³-hybridized carbons (Fsp3) is 0.276. The quantitative estimate of drug-likeness (QED) is 0.298. The zero-order valence-electron chi connectivity index (χ0n) is 21.8. The Morgan fingerprint density at radius 1 is 1.20 bits per heavy atom. The Hall–Kier alpha value is -4.54. The summed E-state index contributed by atoms with van der Waals surface area (Å²) in [5, 5.41) is 7.79. The Bertz CT molecular complexity index is 1580. The van der Waals surface area contributed by atoms with Crippen LogP contribution in [0.5, 0.6) is 0 Å². The number of hydrogen-bond donors (Lipinski definition) is 1. The van der Waals surface area contributed by atoms with Crippen molar-refractivity contribution in [1.29, 1.82) is 0 Å². The van der Waals surface area contributed by atoms with E-state index in [1.54, 1.807) is 33.8 Å². The summed E-state index contributed by atoms with van der Waals surface area (Å²) in [6, 6.07) is 8.63. The molecule has 1 aromatic carbocycles. The smallest absolute Gasteiger partial charge is 0.273 e. The molecule has 1 N–H and O–H groups in total. The Labute approximate surface area is 228 Å². The van der Waals surface area contributed by atoms with E-state index in [0.29, 0.717) is 35.2 Å². The zero-order valence-corrected chi connectivity index (χ0v) is 21.8. The van der Waals surface area contributed by atoms with Gasteiger partial charge in [-0.25, -0.2) is 18.2 Å².